The molecule has 1 aromatic rings. The Morgan fingerprint density at radius 2 is 1.79 bits per heavy atom. The molecule has 4 nitrogen and oxygen atoms in total. The zero-order valence-corrected chi connectivity index (χ0v) is 7.46. The van der Waals surface area contributed by atoms with Crippen LogP contribution in [0.4, 0.5) is 0 Å². The Balaban J connectivity index is 0.000000255. The average molecular weight is 193 g/mol. The molecule has 2 N–H and O–H groups in total. The summed E-state index contributed by atoms with van der Waals surface area (Å²) in [7, 11) is 0. The Labute approximate surface area is 81.8 Å². The lowest BCUT2D eigenvalue weighted by Gasteiger charge is -1.81. The Morgan fingerprint density at radius 1 is 1.14 bits per heavy atom. The molecule has 0 aromatic heterocycles. The van der Waals surface area contributed by atoms with E-state index in [4.69, 9.17) is 5.21 Å². The van der Waals surface area contributed by atoms with Crippen LogP contribution in [0.2, 0.25) is 0 Å². The Kier molecular flexibility index (Phi) is 7.88. The number of rotatable bonds is 3. The summed E-state index contributed by atoms with van der Waals surface area (Å²) in [6, 6.07) is 9.10. The number of hydrogen-bond acceptors (Lipinski definition) is 4. The first-order chi connectivity index (χ1) is 6.85. The monoisotopic (exact) mass is 193 g/mol. The summed E-state index contributed by atoms with van der Waals surface area (Å²) in [5.74, 6) is 0. The van der Waals surface area contributed by atoms with E-state index in [0.717, 1.165) is 24.1 Å². The van der Waals surface area contributed by atoms with Crippen molar-refractivity contribution in [3.63, 3.8) is 0 Å². The van der Waals surface area contributed by atoms with Gasteiger partial charge in [0.05, 0.1) is 0 Å². The summed E-state index contributed by atoms with van der Waals surface area (Å²) >= 11 is 0. The second kappa shape index (κ2) is 9.15. The van der Waals surface area contributed by atoms with Crippen LogP contribution in [0, 0.1) is 0 Å². The second-order valence-corrected chi connectivity index (χ2v) is 2.15. The van der Waals surface area contributed by atoms with Crippen molar-refractivity contribution in [1.82, 2.24) is 5.48 Å². The molecule has 0 saturated heterocycles. The molecule has 0 heterocycles. The Morgan fingerprint density at radius 3 is 2.07 bits per heavy atom. The Bertz CT molecular complexity index is 283. The molecule has 4 heteroatoms. The molecule has 0 bridgehead atoms. The smallest absolute Gasteiger partial charge is 0.150 e. The van der Waals surface area contributed by atoms with Gasteiger partial charge >= 0.3 is 0 Å². The number of aldehydes is 2. The summed E-state index contributed by atoms with van der Waals surface area (Å²) in [6.07, 6.45) is 3.65. The van der Waals surface area contributed by atoms with Crippen LogP contribution >= 0.6 is 0 Å². The van der Waals surface area contributed by atoms with E-state index < -0.39 is 0 Å². The molecule has 0 atom stereocenters. The fourth-order valence-electron chi connectivity index (χ4n) is 0.614. The highest BCUT2D eigenvalue weighted by atomic mass is 16.5. The van der Waals surface area contributed by atoms with Crippen LogP contribution in [0.25, 0.3) is 0 Å². The molecule has 0 aliphatic heterocycles. The summed E-state index contributed by atoms with van der Waals surface area (Å²) < 4.78 is 0. The van der Waals surface area contributed by atoms with Crippen LogP contribution in [0.5, 0.6) is 0 Å². The van der Waals surface area contributed by atoms with Gasteiger partial charge in [0, 0.05) is 11.8 Å². The van der Waals surface area contributed by atoms with Gasteiger partial charge in [-0.1, -0.05) is 30.3 Å². The van der Waals surface area contributed by atoms with Crippen molar-refractivity contribution in [2.24, 2.45) is 0 Å². The zero-order chi connectivity index (χ0) is 10.6. The van der Waals surface area contributed by atoms with E-state index in [1.807, 2.05) is 18.2 Å². The van der Waals surface area contributed by atoms with Crippen molar-refractivity contribution in [2.75, 3.05) is 0 Å². The van der Waals surface area contributed by atoms with Gasteiger partial charge in [0.2, 0.25) is 0 Å². The molecule has 0 aliphatic rings. The predicted molar refractivity (Wildman–Crippen MR) is 52.0 cm³/mol. The van der Waals surface area contributed by atoms with Crippen molar-refractivity contribution >= 4 is 12.6 Å². The standard InChI is InChI=1S/C7H6O.C3H5NO2/c8-6-7-4-2-1-3-5-7;5-3-1-2-4-6/h1-6H;1-4,6H. The minimum Gasteiger partial charge on any atom is -0.299 e. The molecule has 0 saturated carbocycles. The van der Waals surface area contributed by atoms with Crippen molar-refractivity contribution in [1.29, 1.82) is 0 Å². The SMILES string of the molecule is O=CC=CNO.O=Cc1ccccc1. The second-order valence-electron chi connectivity index (χ2n) is 2.15. The van der Waals surface area contributed by atoms with E-state index in [0.29, 0.717) is 6.29 Å². The third-order valence-electron chi connectivity index (χ3n) is 1.18. The minimum absolute atomic E-state index is 0.559. The molecule has 74 valence electrons. The van der Waals surface area contributed by atoms with Gasteiger partial charge in [0.15, 0.2) is 0 Å². The van der Waals surface area contributed by atoms with E-state index >= 15 is 0 Å². The molecule has 0 aliphatic carbocycles. The van der Waals surface area contributed by atoms with Gasteiger partial charge in [-0.3, -0.25) is 20.3 Å². The quantitative estimate of drug-likeness (QED) is 0.429. The predicted octanol–water partition coefficient (Wildman–Crippen LogP) is 1.18. The first-order valence-electron chi connectivity index (χ1n) is 3.85. The van der Waals surface area contributed by atoms with Gasteiger partial charge in [-0.15, -0.1) is 0 Å². The van der Waals surface area contributed by atoms with E-state index in [-0.39, 0.29) is 0 Å². The summed E-state index contributed by atoms with van der Waals surface area (Å²) in [5.41, 5.74) is 2.39. The fourth-order valence-corrected chi connectivity index (χ4v) is 0.614. The van der Waals surface area contributed by atoms with Crippen LogP contribution in [0.3, 0.4) is 0 Å². The molecule has 0 unspecified atom stereocenters. The highest BCUT2D eigenvalue weighted by Crippen LogP contribution is 1.91. The van der Waals surface area contributed by atoms with E-state index in [9.17, 15) is 9.59 Å². The largest absolute Gasteiger partial charge is 0.299 e. The lowest BCUT2D eigenvalue weighted by molar-refractivity contribution is -0.104. The van der Waals surface area contributed by atoms with Crippen molar-refractivity contribution in [3.8, 4) is 0 Å². The summed E-state index contributed by atoms with van der Waals surface area (Å²) in [4.78, 5) is 19.3. The minimum atomic E-state index is 0.559. The van der Waals surface area contributed by atoms with Crippen molar-refractivity contribution in [2.45, 2.75) is 0 Å². The number of hydroxylamine groups is 1. The van der Waals surface area contributed by atoms with Crippen LogP contribution < -0.4 is 5.48 Å². The van der Waals surface area contributed by atoms with Crippen LogP contribution in [-0.4, -0.2) is 17.8 Å². The number of benzene rings is 1. The van der Waals surface area contributed by atoms with E-state index in [1.54, 1.807) is 17.6 Å². The van der Waals surface area contributed by atoms with E-state index in [1.165, 1.54) is 0 Å². The lowest BCUT2D eigenvalue weighted by Crippen LogP contribution is -1.91. The molecule has 14 heavy (non-hydrogen) atoms. The van der Waals surface area contributed by atoms with Gasteiger partial charge in [0.25, 0.3) is 0 Å². The molecular formula is C10H11NO3. The molecule has 0 amide bonds. The summed E-state index contributed by atoms with van der Waals surface area (Å²) in [5, 5.41) is 7.70. The number of allylic oxidation sites excluding steroid dienone is 1. The third kappa shape index (κ3) is 6.75. The average Bonchev–Trinajstić information content (AvgIpc) is 2.28. The maximum atomic E-state index is 10.0. The van der Waals surface area contributed by atoms with Crippen molar-refractivity contribution < 1.29 is 14.8 Å². The molecule has 1 rings (SSSR count). The van der Waals surface area contributed by atoms with E-state index in [2.05, 4.69) is 0 Å². The molecule has 0 fully saturated rings. The first-order valence-corrected chi connectivity index (χ1v) is 3.85. The van der Waals surface area contributed by atoms with Gasteiger partial charge in [-0.2, -0.15) is 0 Å². The van der Waals surface area contributed by atoms with Crippen LogP contribution in [-0.2, 0) is 4.79 Å². The topological polar surface area (TPSA) is 66.4 Å². The highest BCUT2D eigenvalue weighted by Gasteiger charge is 1.79. The number of carbonyl (C=O) groups is 2. The number of hydrogen-bond donors (Lipinski definition) is 2. The zero-order valence-electron chi connectivity index (χ0n) is 7.46. The van der Waals surface area contributed by atoms with Gasteiger partial charge < -0.3 is 0 Å². The van der Waals surface area contributed by atoms with Gasteiger partial charge in [-0.25, -0.2) is 0 Å². The van der Waals surface area contributed by atoms with Crippen LogP contribution in [0.1, 0.15) is 10.4 Å². The van der Waals surface area contributed by atoms with Gasteiger partial charge in [0.1, 0.15) is 12.6 Å². The number of carbonyl (C=O) groups excluding carboxylic acids is 2. The highest BCUT2D eigenvalue weighted by molar-refractivity contribution is 5.74. The molecule has 0 spiro atoms. The summed E-state index contributed by atoms with van der Waals surface area (Å²) in [6.45, 7) is 0. The first kappa shape index (κ1) is 12.1. The normalized spacial score (nSPS) is 8.64. The van der Waals surface area contributed by atoms with Crippen molar-refractivity contribution in [3.05, 3.63) is 48.2 Å². The maximum Gasteiger partial charge on any atom is 0.150 e. The number of nitrogens with one attached hydrogen (secondary N) is 1. The van der Waals surface area contributed by atoms with Gasteiger partial charge in [-0.05, 0) is 6.08 Å². The maximum absolute atomic E-state index is 10.0. The van der Waals surface area contributed by atoms with Crippen LogP contribution in [0.15, 0.2) is 42.6 Å². The fraction of sp³-hybridized carbons (Fsp3) is 0. The molecule has 0 radical (unpaired) electrons. The molecule has 1 aromatic carbocycles. The lowest BCUT2D eigenvalue weighted by atomic mass is 10.2. The molecular weight excluding hydrogens is 182 g/mol. The third-order valence-corrected chi connectivity index (χ3v) is 1.18. The Hall–Kier alpha value is -1.94.